The van der Waals surface area contributed by atoms with Crippen molar-refractivity contribution in [1.82, 2.24) is 0 Å². The van der Waals surface area contributed by atoms with Crippen molar-refractivity contribution in [3.05, 3.63) is 76.9 Å². The van der Waals surface area contributed by atoms with Gasteiger partial charge in [0.2, 0.25) is 0 Å². The van der Waals surface area contributed by atoms with E-state index in [4.69, 9.17) is 10.00 Å². The van der Waals surface area contributed by atoms with Crippen molar-refractivity contribution in [1.29, 1.82) is 5.26 Å². The van der Waals surface area contributed by atoms with Crippen LogP contribution in [-0.2, 0) is 6.42 Å². The average Bonchev–Trinajstić information content (AvgIpc) is 2.59. The van der Waals surface area contributed by atoms with Crippen molar-refractivity contribution in [2.24, 2.45) is 0 Å². The standard InChI is InChI=1S/C20H17F2NO2/c1-2-3-4-5-6-14-7-10-17(19(22)11-14)20(24)25-16-9-8-15(13-23)18(21)12-16/h3-4,7-12H,2,5-6H2,1H3/b4-3+. The van der Waals surface area contributed by atoms with E-state index in [9.17, 15) is 13.6 Å². The molecule has 0 aliphatic rings. The lowest BCUT2D eigenvalue weighted by Crippen LogP contribution is -2.11. The van der Waals surface area contributed by atoms with Crippen LogP contribution in [0.15, 0.2) is 48.6 Å². The molecule has 0 radical (unpaired) electrons. The van der Waals surface area contributed by atoms with Crippen LogP contribution in [0.3, 0.4) is 0 Å². The first-order valence-corrected chi connectivity index (χ1v) is 7.90. The molecule has 2 rings (SSSR count). The molecule has 25 heavy (non-hydrogen) atoms. The Labute approximate surface area is 145 Å². The molecule has 0 saturated carbocycles. The third kappa shape index (κ3) is 4.98. The monoisotopic (exact) mass is 341 g/mol. The van der Waals surface area contributed by atoms with Crippen molar-refractivity contribution in [3.8, 4) is 11.8 Å². The molecule has 0 fully saturated rings. The highest BCUT2D eigenvalue weighted by molar-refractivity contribution is 5.91. The van der Waals surface area contributed by atoms with Gasteiger partial charge in [0.05, 0.1) is 11.1 Å². The molecule has 5 heteroatoms. The van der Waals surface area contributed by atoms with Crippen LogP contribution in [-0.4, -0.2) is 5.97 Å². The Morgan fingerprint density at radius 3 is 2.60 bits per heavy atom. The van der Waals surface area contributed by atoms with Crippen LogP contribution in [0.4, 0.5) is 8.78 Å². The summed E-state index contributed by atoms with van der Waals surface area (Å²) in [5, 5.41) is 8.67. The number of ether oxygens (including phenoxy) is 1. The smallest absolute Gasteiger partial charge is 0.346 e. The van der Waals surface area contributed by atoms with E-state index in [1.165, 1.54) is 24.3 Å². The van der Waals surface area contributed by atoms with Gasteiger partial charge in [-0.1, -0.05) is 25.1 Å². The maximum absolute atomic E-state index is 14.1. The number of carbonyl (C=O) groups is 1. The fourth-order valence-electron chi connectivity index (χ4n) is 2.23. The summed E-state index contributed by atoms with van der Waals surface area (Å²) in [6, 6.07) is 9.39. The van der Waals surface area contributed by atoms with E-state index in [2.05, 4.69) is 0 Å². The number of nitriles is 1. The van der Waals surface area contributed by atoms with Crippen molar-refractivity contribution in [2.45, 2.75) is 26.2 Å². The predicted molar refractivity (Wildman–Crippen MR) is 90.2 cm³/mol. The van der Waals surface area contributed by atoms with Crippen LogP contribution in [0.25, 0.3) is 0 Å². The van der Waals surface area contributed by atoms with Gasteiger partial charge in [0, 0.05) is 6.07 Å². The number of aryl methyl sites for hydroxylation is 1. The molecule has 128 valence electrons. The molecule has 0 saturated heterocycles. The number of hydrogen-bond donors (Lipinski definition) is 0. The van der Waals surface area contributed by atoms with Crippen LogP contribution < -0.4 is 4.74 Å². The molecule has 2 aromatic rings. The normalized spacial score (nSPS) is 10.6. The largest absolute Gasteiger partial charge is 0.423 e. The van der Waals surface area contributed by atoms with Gasteiger partial charge in [-0.15, -0.1) is 0 Å². The Balaban J connectivity index is 2.08. The molecule has 0 aliphatic carbocycles. The average molecular weight is 341 g/mol. The molecule has 0 N–H and O–H groups in total. The Bertz CT molecular complexity index is 838. The van der Waals surface area contributed by atoms with E-state index < -0.39 is 17.6 Å². The second kappa shape index (κ2) is 8.74. The number of benzene rings is 2. The summed E-state index contributed by atoms with van der Waals surface area (Å²) in [6.45, 7) is 2.04. The Kier molecular flexibility index (Phi) is 6.41. The third-order valence-electron chi connectivity index (χ3n) is 3.53. The van der Waals surface area contributed by atoms with E-state index in [0.29, 0.717) is 6.42 Å². The highest BCUT2D eigenvalue weighted by Crippen LogP contribution is 2.19. The van der Waals surface area contributed by atoms with E-state index in [1.54, 1.807) is 12.1 Å². The van der Waals surface area contributed by atoms with E-state index in [0.717, 1.165) is 24.5 Å². The molecule has 0 aromatic heterocycles. The molecule has 0 unspecified atom stereocenters. The lowest BCUT2D eigenvalue weighted by molar-refractivity contribution is 0.0729. The zero-order valence-corrected chi connectivity index (χ0v) is 13.8. The molecule has 0 aliphatic heterocycles. The highest BCUT2D eigenvalue weighted by Gasteiger charge is 2.15. The highest BCUT2D eigenvalue weighted by atomic mass is 19.1. The lowest BCUT2D eigenvalue weighted by atomic mass is 10.1. The third-order valence-corrected chi connectivity index (χ3v) is 3.53. The summed E-state index contributed by atoms with van der Waals surface area (Å²) in [4.78, 5) is 12.1. The quantitative estimate of drug-likeness (QED) is 0.424. The van der Waals surface area contributed by atoms with Gasteiger partial charge in [0.15, 0.2) is 0 Å². The van der Waals surface area contributed by atoms with Crippen LogP contribution in [0.2, 0.25) is 0 Å². The second-order valence-electron chi connectivity index (χ2n) is 5.38. The number of rotatable bonds is 6. The minimum Gasteiger partial charge on any atom is -0.423 e. The molecule has 0 amide bonds. The van der Waals surface area contributed by atoms with Gasteiger partial charge in [0.1, 0.15) is 23.5 Å². The first-order valence-electron chi connectivity index (χ1n) is 7.90. The van der Waals surface area contributed by atoms with E-state index in [-0.39, 0.29) is 16.9 Å². The number of allylic oxidation sites excluding steroid dienone is 2. The molecule has 0 heterocycles. The zero-order chi connectivity index (χ0) is 18.2. The zero-order valence-electron chi connectivity index (χ0n) is 13.8. The molecular weight excluding hydrogens is 324 g/mol. The van der Waals surface area contributed by atoms with Gasteiger partial charge < -0.3 is 4.74 Å². The summed E-state index contributed by atoms with van der Waals surface area (Å²) < 4.78 is 32.6. The van der Waals surface area contributed by atoms with Crippen molar-refractivity contribution in [2.75, 3.05) is 0 Å². The molecule has 2 aromatic carbocycles. The van der Waals surface area contributed by atoms with Crippen LogP contribution in [0, 0.1) is 23.0 Å². The van der Waals surface area contributed by atoms with Gasteiger partial charge in [0.25, 0.3) is 0 Å². The summed E-state index contributed by atoms with van der Waals surface area (Å²) in [5.74, 6) is -2.49. The van der Waals surface area contributed by atoms with Crippen molar-refractivity contribution < 1.29 is 18.3 Å². The van der Waals surface area contributed by atoms with Crippen LogP contribution in [0.5, 0.6) is 5.75 Å². The number of esters is 1. The summed E-state index contributed by atoms with van der Waals surface area (Å²) in [5.41, 5.74) is 0.393. The SMILES string of the molecule is CC/C=C/CCc1ccc(C(=O)Oc2ccc(C#N)c(F)c2)c(F)c1. The van der Waals surface area contributed by atoms with E-state index in [1.807, 2.05) is 19.1 Å². The van der Waals surface area contributed by atoms with Gasteiger partial charge in [-0.2, -0.15) is 5.26 Å². The first-order chi connectivity index (χ1) is 12.0. The minimum atomic E-state index is -0.918. The molecule has 0 spiro atoms. The van der Waals surface area contributed by atoms with Crippen LogP contribution >= 0.6 is 0 Å². The first kappa shape index (κ1) is 18.3. The number of carbonyl (C=O) groups excluding carboxylic acids is 1. The summed E-state index contributed by atoms with van der Waals surface area (Å²) in [6.07, 6.45) is 6.48. The number of nitrogens with zero attached hydrogens (tertiary/aromatic N) is 1. The Morgan fingerprint density at radius 2 is 1.96 bits per heavy atom. The summed E-state index contributed by atoms with van der Waals surface area (Å²) >= 11 is 0. The topological polar surface area (TPSA) is 50.1 Å². The molecule has 0 bridgehead atoms. The maximum Gasteiger partial charge on any atom is 0.346 e. The number of halogens is 2. The fourth-order valence-corrected chi connectivity index (χ4v) is 2.23. The molecular formula is C20H17F2NO2. The fraction of sp³-hybridized carbons (Fsp3) is 0.200. The lowest BCUT2D eigenvalue weighted by Gasteiger charge is -2.07. The van der Waals surface area contributed by atoms with Crippen molar-refractivity contribution in [3.63, 3.8) is 0 Å². The summed E-state index contributed by atoms with van der Waals surface area (Å²) in [7, 11) is 0. The molecule has 0 atom stereocenters. The van der Waals surface area contributed by atoms with E-state index >= 15 is 0 Å². The van der Waals surface area contributed by atoms with Gasteiger partial charge >= 0.3 is 5.97 Å². The Morgan fingerprint density at radius 1 is 1.16 bits per heavy atom. The van der Waals surface area contributed by atoms with Gasteiger partial charge in [-0.25, -0.2) is 13.6 Å². The molecule has 3 nitrogen and oxygen atoms in total. The van der Waals surface area contributed by atoms with Crippen molar-refractivity contribution >= 4 is 5.97 Å². The van der Waals surface area contributed by atoms with Crippen LogP contribution in [0.1, 0.15) is 41.3 Å². The second-order valence-corrected chi connectivity index (χ2v) is 5.38. The number of hydrogen-bond acceptors (Lipinski definition) is 3. The van der Waals surface area contributed by atoms with Gasteiger partial charge in [-0.3, -0.25) is 0 Å². The Hall–Kier alpha value is -3.00. The van der Waals surface area contributed by atoms with Gasteiger partial charge in [-0.05, 0) is 49.1 Å². The maximum atomic E-state index is 14.1. The predicted octanol–water partition coefficient (Wildman–Crippen LogP) is 4.95. The minimum absolute atomic E-state index is 0.0883.